The quantitative estimate of drug-likeness (QED) is 0.372. The van der Waals surface area contributed by atoms with Gasteiger partial charge < -0.3 is 15.4 Å². The van der Waals surface area contributed by atoms with E-state index in [0.717, 1.165) is 53.9 Å². The van der Waals surface area contributed by atoms with Gasteiger partial charge in [0.1, 0.15) is 6.07 Å². The molecule has 5 rings (SSSR count). The van der Waals surface area contributed by atoms with Crippen LogP contribution < -0.4 is 10.6 Å². The van der Waals surface area contributed by atoms with Crippen molar-refractivity contribution in [2.45, 2.75) is 38.8 Å². The van der Waals surface area contributed by atoms with Crippen molar-refractivity contribution in [1.82, 2.24) is 35.0 Å². The fraction of sp³-hybridized carbons (Fsp3) is 0.393. The second-order valence-electron chi connectivity index (χ2n) is 9.95. The summed E-state index contributed by atoms with van der Waals surface area (Å²) in [5, 5.41) is 24.9. The lowest BCUT2D eigenvalue weighted by atomic mass is 9.96. The van der Waals surface area contributed by atoms with Crippen LogP contribution >= 0.6 is 0 Å². The minimum atomic E-state index is -0.361. The molecule has 1 fully saturated rings. The maximum Gasteiger partial charge on any atom is 0.223 e. The van der Waals surface area contributed by atoms with Gasteiger partial charge in [-0.15, -0.1) is 0 Å². The highest BCUT2D eigenvalue weighted by molar-refractivity contribution is 5.87. The number of ether oxygens (including phenoxy) is 1. The molecule has 1 aliphatic rings. The molecule has 0 bridgehead atoms. The minimum absolute atomic E-state index is 0.00755. The van der Waals surface area contributed by atoms with E-state index in [9.17, 15) is 10.1 Å². The normalized spacial score (nSPS) is 15.0. The number of nitriles is 1. The number of carbonyl (C=O) groups excluding carboxylic acids is 1. The van der Waals surface area contributed by atoms with Crippen LogP contribution in [-0.2, 0) is 16.6 Å². The third kappa shape index (κ3) is 5.44. The van der Waals surface area contributed by atoms with Crippen molar-refractivity contribution < 1.29 is 9.53 Å². The molecular weight excluding hydrogens is 480 g/mol. The molecule has 5 heterocycles. The molecule has 1 saturated heterocycles. The van der Waals surface area contributed by atoms with Crippen LogP contribution in [0.2, 0.25) is 0 Å². The third-order valence-corrected chi connectivity index (χ3v) is 6.85. The first-order valence-corrected chi connectivity index (χ1v) is 12.9. The number of hydrogen-bond acceptors (Lipinski definition) is 7. The maximum atomic E-state index is 13.0. The number of amides is 1. The van der Waals surface area contributed by atoms with E-state index in [4.69, 9.17) is 9.72 Å². The van der Waals surface area contributed by atoms with Crippen LogP contribution in [0.5, 0.6) is 0 Å². The van der Waals surface area contributed by atoms with Crippen LogP contribution in [0.1, 0.15) is 44.0 Å². The fourth-order valence-corrected chi connectivity index (χ4v) is 4.79. The number of aryl methyl sites for hydroxylation is 1. The second-order valence-corrected chi connectivity index (χ2v) is 9.95. The molecule has 10 nitrogen and oxygen atoms in total. The summed E-state index contributed by atoms with van der Waals surface area (Å²) in [5.74, 6) is 0.0328. The second kappa shape index (κ2) is 11.1. The number of pyridine rings is 2. The standard InChI is InChI=1S/C28H32N8O2/c1-18(2)38-17-26(34-28(37)19-6-8-30-9-7-19)25-5-4-20(12-31-25)24-10-21(23-14-32-35(3)15-23)16-36-27(24)22(11-29)13-33-36/h4-5,10,12-16,18-19,26,30H,6-9,17H2,1-3H3,(H,34,37). The molecule has 0 radical (unpaired) electrons. The van der Waals surface area contributed by atoms with Gasteiger partial charge in [-0.25, -0.2) is 4.52 Å². The largest absolute Gasteiger partial charge is 0.376 e. The molecule has 0 aromatic carbocycles. The summed E-state index contributed by atoms with van der Waals surface area (Å²) < 4.78 is 9.35. The van der Waals surface area contributed by atoms with Crippen LogP contribution in [0.3, 0.4) is 0 Å². The van der Waals surface area contributed by atoms with E-state index in [1.165, 1.54) is 0 Å². The zero-order valence-corrected chi connectivity index (χ0v) is 21.9. The van der Waals surface area contributed by atoms with Crippen LogP contribution in [0.4, 0.5) is 0 Å². The molecule has 196 valence electrons. The smallest absolute Gasteiger partial charge is 0.223 e. The van der Waals surface area contributed by atoms with E-state index >= 15 is 0 Å². The van der Waals surface area contributed by atoms with Gasteiger partial charge in [0.05, 0.1) is 47.9 Å². The summed E-state index contributed by atoms with van der Waals surface area (Å²) in [6.07, 6.45) is 10.7. The lowest BCUT2D eigenvalue weighted by molar-refractivity contribution is -0.127. The summed E-state index contributed by atoms with van der Waals surface area (Å²) in [6, 6.07) is 7.80. The Kier molecular flexibility index (Phi) is 7.49. The van der Waals surface area contributed by atoms with E-state index in [0.29, 0.717) is 17.7 Å². The number of aromatic nitrogens is 5. The number of nitrogens with zero attached hydrogens (tertiary/aromatic N) is 6. The first kappa shape index (κ1) is 25.6. The van der Waals surface area contributed by atoms with Crippen LogP contribution in [0, 0.1) is 17.2 Å². The van der Waals surface area contributed by atoms with Gasteiger partial charge in [0.2, 0.25) is 5.91 Å². The van der Waals surface area contributed by atoms with Crippen molar-refractivity contribution >= 4 is 11.4 Å². The fourth-order valence-electron chi connectivity index (χ4n) is 4.79. The van der Waals surface area contributed by atoms with E-state index in [1.807, 2.05) is 51.5 Å². The van der Waals surface area contributed by atoms with Gasteiger partial charge in [0.15, 0.2) is 0 Å². The number of piperidine rings is 1. The predicted molar refractivity (Wildman–Crippen MR) is 143 cm³/mol. The Balaban J connectivity index is 1.48. The van der Waals surface area contributed by atoms with Crippen molar-refractivity contribution in [2.75, 3.05) is 19.7 Å². The van der Waals surface area contributed by atoms with Gasteiger partial charge in [-0.2, -0.15) is 15.5 Å². The van der Waals surface area contributed by atoms with Gasteiger partial charge in [-0.05, 0) is 51.9 Å². The highest BCUT2D eigenvalue weighted by Gasteiger charge is 2.25. The molecule has 4 aromatic rings. The topological polar surface area (TPSA) is 122 Å². The molecule has 10 heteroatoms. The monoisotopic (exact) mass is 512 g/mol. The third-order valence-electron chi connectivity index (χ3n) is 6.85. The van der Waals surface area contributed by atoms with Gasteiger partial charge in [-0.3, -0.25) is 14.5 Å². The van der Waals surface area contributed by atoms with Crippen LogP contribution in [0.25, 0.3) is 27.8 Å². The van der Waals surface area contributed by atoms with E-state index in [2.05, 4.69) is 26.9 Å². The van der Waals surface area contributed by atoms with E-state index < -0.39 is 0 Å². The van der Waals surface area contributed by atoms with Crippen molar-refractivity contribution in [3.8, 4) is 28.3 Å². The highest BCUT2D eigenvalue weighted by Crippen LogP contribution is 2.32. The lowest BCUT2D eigenvalue weighted by Crippen LogP contribution is -2.41. The Morgan fingerprint density at radius 1 is 1.16 bits per heavy atom. The summed E-state index contributed by atoms with van der Waals surface area (Å²) >= 11 is 0. The first-order chi connectivity index (χ1) is 18.4. The average Bonchev–Trinajstić information content (AvgIpc) is 3.57. The zero-order chi connectivity index (χ0) is 26.6. The first-order valence-electron chi connectivity index (χ1n) is 12.9. The summed E-state index contributed by atoms with van der Waals surface area (Å²) in [6.45, 7) is 5.98. The number of nitrogens with one attached hydrogen (secondary N) is 2. The number of carbonyl (C=O) groups is 1. The number of rotatable bonds is 8. The van der Waals surface area contributed by atoms with Gasteiger partial charge in [0.25, 0.3) is 0 Å². The Labute approximate surface area is 221 Å². The Morgan fingerprint density at radius 3 is 2.63 bits per heavy atom. The summed E-state index contributed by atoms with van der Waals surface area (Å²) in [7, 11) is 1.87. The Hall–Kier alpha value is -4.07. The van der Waals surface area contributed by atoms with Gasteiger partial charge >= 0.3 is 0 Å². The van der Waals surface area contributed by atoms with Crippen LogP contribution in [-0.4, -0.2) is 56.1 Å². The molecule has 1 atom stereocenters. The number of fused-ring (bicyclic) bond motifs is 1. The van der Waals surface area contributed by atoms with Crippen molar-refractivity contribution in [1.29, 1.82) is 5.26 Å². The molecule has 0 aliphatic carbocycles. The Bertz CT molecular complexity index is 1460. The highest BCUT2D eigenvalue weighted by atomic mass is 16.5. The molecule has 1 amide bonds. The lowest BCUT2D eigenvalue weighted by Gasteiger charge is -2.26. The SMILES string of the molecule is CC(C)OCC(NC(=O)C1CCNCC1)c1ccc(-c2cc(-c3cnn(C)c3)cn3ncc(C#N)c23)cn1. The predicted octanol–water partition coefficient (Wildman–Crippen LogP) is 3.25. The van der Waals surface area contributed by atoms with E-state index in [1.54, 1.807) is 27.8 Å². The van der Waals surface area contributed by atoms with Crippen LogP contribution in [0.15, 0.2) is 49.2 Å². The van der Waals surface area contributed by atoms with Gasteiger partial charge in [-0.1, -0.05) is 6.07 Å². The molecule has 2 N–H and O–H groups in total. The molecule has 0 spiro atoms. The summed E-state index contributed by atoms with van der Waals surface area (Å²) in [5.41, 5.74) is 5.48. The molecule has 0 saturated carbocycles. The summed E-state index contributed by atoms with van der Waals surface area (Å²) in [4.78, 5) is 17.8. The van der Waals surface area contributed by atoms with Crippen molar-refractivity contribution in [2.24, 2.45) is 13.0 Å². The van der Waals surface area contributed by atoms with Gasteiger partial charge in [0, 0.05) is 53.8 Å². The minimum Gasteiger partial charge on any atom is -0.376 e. The van der Waals surface area contributed by atoms with E-state index in [-0.39, 0.29) is 24.0 Å². The molecule has 4 aromatic heterocycles. The zero-order valence-electron chi connectivity index (χ0n) is 21.9. The Morgan fingerprint density at radius 2 is 1.97 bits per heavy atom. The van der Waals surface area contributed by atoms with Crippen molar-refractivity contribution in [3.05, 3.63) is 60.4 Å². The maximum absolute atomic E-state index is 13.0. The van der Waals surface area contributed by atoms with Crippen molar-refractivity contribution in [3.63, 3.8) is 0 Å². The molecule has 1 aliphatic heterocycles. The molecule has 1 unspecified atom stereocenters. The average molecular weight is 513 g/mol. The number of hydrogen-bond donors (Lipinski definition) is 2. The molecule has 38 heavy (non-hydrogen) atoms. The molecular formula is C28H32N8O2.